The van der Waals surface area contributed by atoms with E-state index in [1.165, 1.54) is 12.1 Å². The Morgan fingerprint density at radius 3 is 2.42 bits per heavy atom. The molecule has 2 aromatic rings. The van der Waals surface area contributed by atoms with Crippen molar-refractivity contribution in [3.63, 3.8) is 0 Å². The zero-order valence-corrected chi connectivity index (χ0v) is 11.1. The molecule has 19 heavy (non-hydrogen) atoms. The smallest absolute Gasteiger partial charge is 0.124 e. The molecule has 0 aromatic heterocycles. The largest absolute Gasteiger partial charge is 0.383 e. The van der Waals surface area contributed by atoms with Crippen LogP contribution in [0, 0.1) is 5.82 Å². The maximum Gasteiger partial charge on any atom is 0.124 e. The van der Waals surface area contributed by atoms with Crippen LogP contribution in [-0.2, 0) is 12.0 Å². The van der Waals surface area contributed by atoms with Crippen molar-refractivity contribution in [3.05, 3.63) is 70.5 Å². The van der Waals surface area contributed by atoms with E-state index in [2.05, 4.69) is 0 Å². The quantitative estimate of drug-likeness (QED) is 0.904. The minimum atomic E-state index is -1.21. The third-order valence-corrected chi connectivity index (χ3v) is 3.50. The molecule has 0 saturated heterocycles. The van der Waals surface area contributed by atoms with Crippen LogP contribution in [0.2, 0.25) is 5.02 Å². The highest BCUT2D eigenvalue weighted by atomic mass is 35.5. The Hall–Kier alpha value is -1.42. The Bertz CT molecular complexity index is 561. The number of aliphatic hydroxyl groups is 1. The molecule has 0 amide bonds. The summed E-state index contributed by atoms with van der Waals surface area (Å²) < 4.78 is 13.0. The van der Waals surface area contributed by atoms with E-state index in [9.17, 15) is 9.50 Å². The lowest BCUT2D eigenvalue weighted by Crippen LogP contribution is -2.37. The molecule has 1 unspecified atom stereocenters. The summed E-state index contributed by atoms with van der Waals surface area (Å²) in [6.07, 6.45) is 0.243. The van der Waals surface area contributed by atoms with Crippen molar-refractivity contribution in [2.75, 3.05) is 6.54 Å². The van der Waals surface area contributed by atoms with E-state index in [0.717, 1.165) is 5.56 Å². The molecule has 0 saturated carbocycles. The van der Waals surface area contributed by atoms with Crippen LogP contribution < -0.4 is 5.73 Å². The summed E-state index contributed by atoms with van der Waals surface area (Å²) in [5, 5.41) is 11.0. The lowest BCUT2D eigenvalue weighted by molar-refractivity contribution is 0.0463. The van der Waals surface area contributed by atoms with Crippen molar-refractivity contribution < 1.29 is 9.50 Å². The molecule has 2 rings (SSSR count). The second kappa shape index (κ2) is 5.70. The van der Waals surface area contributed by atoms with E-state index in [-0.39, 0.29) is 13.0 Å². The highest BCUT2D eigenvalue weighted by Crippen LogP contribution is 2.28. The molecule has 100 valence electrons. The van der Waals surface area contributed by atoms with Crippen molar-refractivity contribution in [2.45, 2.75) is 12.0 Å². The lowest BCUT2D eigenvalue weighted by atomic mass is 9.87. The molecule has 4 heteroatoms. The van der Waals surface area contributed by atoms with E-state index in [4.69, 9.17) is 17.3 Å². The Balaban J connectivity index is 2.33. The van der Waals surface area contributed by atoms with Crippen LogP contribution in [0.1, 0.15) is 11.1 Å². The Kier molecular flexibility index (Phi) is 4.20. The van der Waals surface area contributed by atoms with E-state index in [1.807, 2.05) is 30.3 Å². The first-order chi connectivity index (χ1) is 9.05. The minimum absolute atomic E-state index is 0.0602. The van der Waals surface area contributed by atoms with Gasteiger partial charge in [-0.3, -0.25) is 0 Å². The fourth-order valence-corrected chi connectivity index (χ4v) is 2.25. The summed E-state index contributed by atoms with van der Waals surface area (Å²) in [6, 6.07) is 13.3. The van der Waals surface area contributed by atoms with Gasteiger partial charge in [0.1, 0.15) is 11.4 Å². The van der Waals surface area contributed by atoms with Gasteiger partial charge in [0, 0.05) is 18.0 Å². The molecule has 0 spiro atoms. The first kappa shape index (κ1) is 14.0. The predicted octanol–water partition coefficient (Wildman–Crippen LogP) is 2.87. The molecule has 0 bridgehead atoms. The van der Waals surface area contributed by atoms with Gasteiger partial charge in [-0.05, 0) is 23.3 Å². The molecule has 0 radical (unpaired) electrons. The molecular formula is C15H15ClFNO. The van der Waals surface area contributed by atoms with Crippen molar-refractivity contribution >= 4 is 11.6 Å². The first-order valence-corrected chi connectivity index (χ1v) is 6.35. The third-order valence-electron chi connectivity index (χ3n) is 3.15. The summed E-state index contributed by atoms with van der Waals surface area (Å²) in [5.74, 6) is -0.398. The molecule has 0 aliphatic rings. The standard InChI is InChI=1S/C15H15ClFNO/c16-14-8-13(17)7-6-11(14)9-15(19,10-18)12-4-2-1-3-5-12/h1-8,19H,9-10,18H2. The van der Waals surface area contributed by atoms with E-state index < -0.39 is 11.4 Å². The van der Waals surface area contributed by atoms with Gasteiger partial charge in [0.05, 0.1) is 0 Å². The fraction of sp³-hybridized carbons (Fsp3) is 0.200. The number of rotatable bonds is 4. The molecule has 1 atom stereocenters. The van der Waals surface area contributed by atoms with Crippen LogP contribution in [-0.4, -0.2) is 11.7 Å². The third kappa shape index (κ3) is 3.13. The average molecular weight is 280 g/mol. The summed E-state index contributed by atoms with van der Waals surface area (Å²) in [5.41, 5.74) is 5.88. The Labute approximate surface area is 116 Å². The van der Waals surface area contributed by atoms with Gasteiger partial charge in [-0.15, -0.1) is 0 Å². The highest BCUT2D eigenvalue weighted by molar-refractivity contribution is 6.31. The SMILES string of the molecule is NCC(O)(Cc1ccc(F)cc1Cl)c1ccccc1. The number of halogens is 2. The number of benzene rings is 2. The van der Waals surface area contributed by atoms with Gasteiger partial charge in [0.15, 0.2) is 0 Å². The lowest BCUT2D eigenvalue weighted by Gasteiger charge is -2.27. The fourth-order valence-electron chi connectivity index (χ4n) is 2.02. The van der Waals surface area contributed by atoms with Crippen molar-refractivity contribution in [2.24, 2.45) is 5.73 Å². The average Bonchev–Trinajstić information content (AvgIpc) is 2.43. The van der Waals surface area contributed by atoms with Crippen LogP contribution in [0.3, 0.4) is 0 Å². The molecule has 0 aliphatic heterocycles. The van der Waals surface area contributed by atoms with Gasteiger partial charge >= 0.3 is 0 Å². The van der Waals surface area contributed by atoms with Crippen LogP contribution in [0.25, 0.3) is 0 Å². The summed E-state index contributed by atoms with van der Waals surface area (Å²) in [4.78, 5) is 0. The van der Waals surface area contributed by atoms with E-state index >= 15 is 0 Å². The highest BCUT2D eigenvalue weighted by Gasteiger charge is 2.28. The van der Waals surface area contributed by atoms with Crippen molar-refractivity contribution in [1.29, 1.82) is 0 Å². The predicted molar refractivity (Wildman–Crippen MR) is 74.5 cm³/mol. The number of hydrogen-bond donors (Lipinski definition) is 2. The molecule has 2 aromatic carbocycles. The van der Waals surface area contributed by atoms with Crippen molar-refractivity contribution in [1.82, 2.24) is 0 Å². The summed E-state index contributed by atoms with van der Waals surface area (Å²) >= 11 is 5.99. The van der Waals surface area contributed by atoms with E-state index in [0.29, 0.717) is 10.6 Å². The maximum atomic E-state index is 13.0. The summed E-state index contributed by atoms with van der Waals surface area (Å²) in [7, 11) is 0. The zero-order valence-electron chi connectivity index (χ0n) is 10.3. The monoisotopic (exact) mass is 279 g/mol. The molecule has 0 heterocycles. The second-order valence-electron chi connectivity index (χ2n) is 4.51. The maximum absolute atomic E-state index is 13.0. The van der Waals surface area contributed by atoms with Gasteiger partial charge in [0.25, 0.3) is 0 Å². The van der Waals surface area contributed by atoms with Crippen LogP contribution in [0.15, 0.2) is 48.5 Å². The van der Waals surface area contributed by atoms with Gasteiger partial charge in [-0.25, -0.2) is 4.39 Å². The van der Waals surface area contributed by atoms with Crippen LogP contribution in [0.5, 0.6) is 0 Å². The molecule has 0 fully saturated rings. The van der Waals surface area contributed by atoms with E-state index in [1.54, 1.807) is 6.07 Å². The second-order valence-corrected chi connectivity index (χ2v) is 4.92. The molecule has 3 N–H and O–H groups in total. The topological polar surface area (TPSA) is 46.2 Å². The Morgan fingerprint density at radius 2 is 1.84 bits per heavy atom. The van der Waals surface area contributed by atoms with Crippen LogP contribution in [0.4, 0.5) is 4.39 Å². The van der Waals surface area contributed by atoms with Crippen molar-refractivity contribution in [3.8, 4) is 0 Å². The summed E-state index contributed by atoms with van der Waals surface area (Å²) in [6.45, 7) is 0.0602. The van der Waals surface area contributed by atoms with Gasteiger partial charge in [-0.1, -0.05) is 48.0 Å². The molecule has 2 nitrogen and oxygen atoms in total. The van der Waals surface area contributed by atoms with Crippen LogP contribution >= 0.6 is 11.6 Å². The van der Waals surface area contributed by atoms with Gasteiger partial charge in [0.2, 0.25) is 0 Å². The zero-order chi connectivity index (χ0) is 13.9. The normalized spacial score (nSPS) is 14.1. The minimum Gasteiger partial charge on any atom is -0.383 e. The number of hydrogen-bond acceptors (Lipinski definition) is 2. The Morgan fingerprint density at radius 1 is 1.16 bits per heavy atom. The number of nitrogens with two attached hydrogens (primary N) is 1. The first-order valence-electron chi connectivity index (χ1n) is 5.97. The van der Waals surface area contributed by atoms with Gasteiger partial charge in [-0.2, -0.15) is 0 Å². The molecule has 0 aliphatic carbocycles. The van der Waals surface area contributed by atoms with Gasteiger partial charge < -0.3 is 10.8 Å². The molecular weight excluding hydrogens is 265 g/mol.